The predicted octanol–water partition coefficient (Wildman–Crippen LogP) is 3.62. The monoisotopic (exact) mass is 395 g/mol. The normalized spacial score (nSPS) is 34.9. The number of nitro benzene ring substituents is 2. The van der Waals surface area contributed by atoms with E-state index in [1.54, 1.807) is 24.3 Å². The average molecular weight is 395 g/mol. The molecule has 4 fully saturated rings. The van der Waals surface area contributed by atoms with Gasteiger partial charge in [0.25, 0.3) is 11.4 Å². The molecule has 0 amide bonds. The van der Waals surface area contributed by atoms with Crippen molar-refractivity contribution < 1.29 is 15.0 Å². The van der Waals surface area contributed by atoms with Crippen LogP contribution in [-0.4, -0.2) is 32.5 Å². The summed E-state index contributed by atoms with van der Waals surface area (Å²) < 4.78 is 0. The van der Waals surface area contributed by atoms with Crippen molar-refractivity contribution in [2.75, 3.05) is 6.54 Å². The minimum atomic E-state index is -0.455. The third-order valence-electron chi connectivity index (χ3n) is 6.97. The fraction of sp³-hybridized carbons (Fsp3) is 0.429. The fourth-order valence-electron chi connectivity index (χ4n) is 5.90. The van der Waals surface area contributed by atoms with Gasteiger partial charge in [0.15, 0.2) is 0 Å². The molecule has 0 aromatic heterocycles. The van der Waals surface area contributed by atoms with Crippen LogP contribution in [0.25, 0.3) is 0 Å². The first-order valence-electron chi connectivity index (χ1n) is 9.86. The zero-order valence-corrected chi connectivity index (χ0v) is 15.6. The van der Waals surface area contributed by atoms with E-state index in [0.29, 0.717) is 5.92 Å². The Bertz CT molecular complexity index is 886. The van der Waals surface area contributed by atoms with E-state index in [2.05, 4.69) is 4.90 Å². The summed E-state index contributed by atoms with van der Waals surface area (Å²) in [6.45, 7) is 0.906. The Hall–Kier alpha value is -2.84. The first kappa shape index (κ1) is 18.2. The van der Waals surface area contributed by atoms with Crippen LogP contribution < -0.4 is 0 Å². The lowest BCUT2D eigenvalue weighted by Crippen LogP contribution is -2.62. The van der Waals surface area contributed by atoms with Crippen LogP contribution in [0.4, 0.5) is 11.4 Å². The summed E-state index contributed by atoms with van der Waals surface area (Å²) in [5.41, 5.74) is 2.07. The van der Waals surface area contributed by atoms with E-state index in [-0.39, 0.29) is 35.3 Å². The summed E-state index contributed by atoms with van der Waals surface area (Å²) in [7, 11) is 0. The highest BCUT2D eigenvalue weighted by atomic mass is 16.6. The Balaban J connectivity index is 1.53. The Morgan fingerprint density at radius 2 is 1.21 bits per heavy atom. The second-order valence-corrected chi connectivity index (χ2v) is 8.44. The van der Waals surface area contributed by atoms with Gasteiger partial charge in [-0.25, -0.2) is 0 Å². The molecular weight excluding hydrogens is 374 g/mol. The topological polar surface area (TPSA) is 110 Å². The minimum Gasteiger partial charge on any atom is -0.392 e. The maximum atomic E-state index is 11.1. The largest absolute Gasteiger partial charge is 0.392 e. The molecular formula is C21H21N3O5. The van der Waals surface area contributed by atoms with Gasteiger partial charge in [0, 0.05) is 54.7 Å². The molecule has 8 heteroatoms. The molecule has 3 aliphatic heterocycles. The smallest absolute Gasteiger partial charge is 0.269 e. The molecule has 29 heavy (non-hydrogen) atoms. The number of hydrogen-bond donors (Lipinski definition) is 1. The maximum absolute atomic E-state index is 11.1. The number of nitrogens with zero attached hydrogens (tertiary/aromatic N) is 3. The minimum absolute atomic E-state index is 0.0150. The van der Waals surface area contributed by atoms with Crippen LogP contribution in [-0.2, 0) is 0 Å². The molecule has 3 saturated heterocycles. The number of hydrogen-bond acceptors (Lipinski definition) is 6. The van der Waals surface area contributed by atoms with Crippen molar-refractivity contribution in [2.24, 2.45) is 17.8 Å². The summed E-state index contributed by atoms with van der Waals surface area (Å²) in [6, 6.07) is 13.2. The van der Waals surface area contributed by atoms with Gasteiger partial charge < -0.3 is 5.11 Å². The molecule has 3 heterocycles. The molecule has 1 saturated carbocycles. The van der Waals surface area contributed by atoms with Crippen molar-refractivity contribution in [3.05, 3.63) is 79.9 Å². The van der Waals surface area contributed by atoms with Crippen molar-refractivity contribution in [1.82, 2.24) is 4.90 Å². The van der Waals surface area contributed by atoms with E-state index < -0.39 is 16.0 Å². The second-order valence-electron chi connectivity index (χ2n) is 8.44. The first-order valence-corrected chi connectivity index (χ1v) is 9.86. The van der Waals surface area contributed by atoms with Crippen LogP contribution in [0.5, 0.6) is 0 Å². The average Bonchev–Trinajstić information content (AvgIpc) is 2.72. The maximum Gasteiger partial charge on any atom is 0.269 e. The zero-order valence-electron chi connectivity index (χ0n) is 15.6. The molecule has 7 atom stereocenters. The van der Waals surface area contributed by atoms with Gasteiger partial charge in [-0.1, -0.05) is 24.3 Å². The van der Waals surface area contributed by atoms with Crippen molar-refractivity contribution in [1.29, 1.82) is 0 Å². The van der Waals surface area contributed by atoms with Crippen LogP contribution in [0.3, 0.4) is 0 Å². The van der Waals surface area contributed by atoms with Gasteiger partial charge in [-0.15, -0.1) is 0 Å². The van der Waals surface area contributed by atoms with E-state index in [1.807, 2.05) is 0 Å². The van der Waals surface area contributed by atoms with Gasteiger partial charge in [-0.3, -0.25) is 25.1 Å². The van der Waals surface area contributed by atoms with Crippen LogP contribution in [0, 0.1) is 38.0 Å². The summed E-state index contributed by atoms with van der Waals surface area (Å²) in [4.78, 5) is 23.6. The molecule has 4 bridgehead atoms. The van der Waals surface area contributed by atoms with Gasteiger partial charge in [0.2, 0.25) is 0 Å². The van der Waals surface area contributed by atoms with Gasteiger partial charge in [0.1, 0.15) is 0 Å². The molecule has 2 aromatic rings. The van der Waals surface area contributed by atoms with E-state index >= 15 is 0 Å². The molecule has 0 radical (unpaired) electrons. The third kappa shape index (κ3) is 2.82. The van der Waals surface area contributed by atoms with Crippen LogP contribution in [0.2, 0.25) is 0 Å². The number of rotatable bonds is 4. The van der Waals surface area contributed by atoms with Gasteiger partial charge in [-0.2, -0.15) is 0 Å². The highest BCUT2D eigenvalue weighted by Gasteiger charge is 2.57. The molecule has 0 spiro atoms. The van der Waals surface area contributed by atoms with Crippen molar-refractivity contribution in [3.63, 3.8) is 0 Å². The lowest BCUT2D eigenvalue weighted by atomic mass is 9.58. The summed E-state index contributed by atoms with van der Waals surface area (Å²) in [5.74, 6) is 0.739. The molecule has 150 valence electrons. The lowest BCUT2D eigenvalue weighted by molar-refractivity contribution is -0.385. The molecule has 1 N–H and O–H groups in total. The van der Waals surface area contributed by atoms with E-state index in [1.165, 1.54) is 24.3 Å². The number of benzene rings is 2. The summed E-state index contributed by atoms with van der Waals surface area (Å²) >= 11 is 0. The molecule has 3 unspecified atom stereocenters. The Morgan fingerprint density at radius 1 is 0.793 bits per heavy atom. The van der Waals surface area contributed by atoms with Gasteiger partial charge in [0.05, 0.1) is 16.0 Å². The van der Waals surface area contributed by atoms with Gasteiger partial charge >= 0.3 is 0 Å². The van der Waals surface area contributed by atoms with E-state index in [0.717, 1.165) is 30.5 Å². The van der Waals surface area contributed by atoms with Crippen molar-refractivity contribution in [3.8, 4) is 0 Å². The molecule has 1 aliphatic carbocycles. The molecule has 6 rings (SSSR count). The Kier molecular flexibility index (Phi) is 4.15. The number of aliphatic hydroxyl groups excluding tert-OH is 1. The lowest BCUT2D eigenvalue weighted by Gasteiger charge is -2.62. The van der Waals surface area contributed by atoms with Crippen LogP contribution in [0.1, 0.15) is 36.1 Å². The number of piperidine rings is 3. The third-order valence-corrected chi connectivity index (χ3v) is 6.97. The summed E-state index contributed by atoms with van der Waals surface area (Å²) in [5, 5.41) is 33.1. The van der Waals surface area contributed by atoms with Crippen LogP contribution >= 0.6 is 0 Å². The SMILES string of the molecule is O=[N+]([O-])c1ccc([C@@H]2[C@@H]3CC4C[C@@H](C3O)[C@@H](c3ccc([N+](=O)[O-])cc3)N2C4)cc1. The summed E-state index contributed by atoms with van der Waals surface area (Å²) in [6.07, 6.45) is 1.47. The highest BCUT2D eigenvalue weighted by Crippen LogP contribution is 2.59. The molecule has 4 aliphatic rings. The predicted molar refractivity (Wildman–Crippen MR) is 104 cm³/mol. The quantitative estimate of drug-likeness (QED) is 0.625. The number of nitro groups is 2. The highest BCUT2D eigenvalue weighted by molar-refractivity contribution is 5.38. The van der Waals surface area contributed by atoms with Crippen molar-refractivity contribution in [2.45, 2.75) is 31.0 Å². The van der Waals surface area contributed by atoms with Crippen LogP contribution in [0.15, 0.2) is 48.5 Å². The number of non-ortho nitro benzene ring substituents is 2. The zero-order chi connectivity index (χ0) is 20.3. The molecule has 8 nitrogen and oxygen atoms in total. The fourth-order valence-corrected chi connectivity index (χ4v) is 5.90. The second kappa shape index (κ2) is 6.60. The molecule has 2 aromatic carbocycles. The number of aliphatic hydroxyl groups is 1. The van der Waals surface area contributed by atoms with Crippen molar-refractivity contribution >= 4 is 11.4 Å². The van der Waals surface area contributed by atoms with E-state index in [9.17, 15) is 25.3 Å². The first-order chi connectivity index (χ1) is 13.9. The Labute approximate surface area is 167 Å². The van der Waals surface area contributed by atoms with E-state index in [4.69, 9.17) is 0 Å². The standard InChI is InChI=1S/C21H21N3O5/c25-21-17-9-12-10-18(21)20(14-3-7-16(8-4-14)24(28)29)22(11-12)19(17)13-1-5-15(6-2-13)23(26)27/h1-8,12,17-21,25H,9-11H2/t12?,17-,18+,19-,20-,21?/m1/s1. The Morgan fingerprint density at radius 3 is 1.59 bits per heavy atom. The van der Waals surface area contributed by atoms with Gasteiger partial charge in [-0.05, 0) is 29.9 Å².